The fourth-order valence-corrected chi connectivity index (χ4v) is 5.81. The van der Waals surface area contributed by atoms with Gasteiger partial charge in [-0.1, -0.05) is 37.6 Å². The third-order valence-electron chi connectivity index (χ3n) is 5.55. The average Bonchev–Trinajstić information content (AvgIpc) is 2.80. The Labute approximate surface area is 200 Å². The molecule has 1 fully saturated rings. The van der Waals surface area contributed by atoms with Gasteiger partial charge in [0.1, 0.15) is 0 Å². The molecule has 3 rings (SSSR count). The highest BCUT2D eigenvalue weighted by Gasteiger charge is 2.24. The average molecular weight is 495 g/mol. The van der Waals surface area contributed by atoms with Gasteiger partial charge in [0.15, 0.2) is 0 Å². The van der Waals surface area contributed by atoms with Gasteiger partial charge >= 0.3 is 0 Å². The van der Waals surface area contributed by atoms with Gasteiger partial charge in [0.25, 0.3) is 0 Å². The van der Waals surface area contributed by atoms with E-state index in [1.165, 1.54) is 10.4 Å². The van der Waals surface area contributed by atoms with Crippen LogP contribution in [0.3, 0.4) is 0 Å². The van der Waals surface area contributed by atoms with Crippen LogP contribution in [0.1, 0.15) is 19.4 Å². The minimum absolute atomic E-state index is 0.00366. The molecule has 0 unspecified atom stereocenters. The molecule has 10 heteroatoms. The second-order valence-electron chi connectivity index (χ2n) is 7.71. The molecule has 1 aliphatic rings. The molecule has 0 saturated carbocycles. The molecule has 0 spiro atoms. The number of hydrogen-bond acceptors (Lipinski definition) is 6. The van der Waals surface area contributed by atoms with Crippen LogP contribution in [0.15, 0.2) is 41.3 Å². The van der Waals surface area contributed by atoms with E-state index in [0.29, 0.717) is 42.6 Å². The lowest BCUT2D eigenvalue weighted by Gasteiger charge is -2.31. The number of nitrogens with one attached hydrogen (secondary N) is 2. The lowest BCUT2D eigenvalue weighted by Crippen LogP contribution is -2.37. The van der Waals surface area contributed by atoms with Gasteiger partial charge in [-0.2, -0.15) is 4.31 Å². The monoisotopic (exact) mass is 494 g/mol. The highest BCUT2D eigenvalue weighted by atomic mass is 35.5. The topological polar surface area (TPSA) is 91.0 Å². The molecule has 2 aromatic rings. The molecule has 1 aliphatic heterocycles. The van der Waals surface area contributed by atoms with Gasteiger partial charge in [0.05, 0.1) is 41.1 Å². The molecular formula is C23H31ClN4O4S. The van der Waals surface area contributed by atoms with E-state index in [9.17, 15) is 13.2 Å². The fourth-order valence-electron chi connectivity index (χ4n) is 3.81. The number of rotatable bonds is 9. The maximum atomic E-state index is 13.0. The number of hydrogen-bond donors (Lipinski definition) is 2. The summed E-state index contributed by atoms with van der Waals surface area (Å²) < 4.78 is 32.7. The molecule has 0 aromatic heterocycles. The molecular weight excluding hydrogens is 464 g/mol. The maximum Gasteiger partial charge on any atom is 0.243 e. The van der Waals surface area contributed by atoms with Gasteiger partial charge in [-0.25, -0.2) is 8.42 Å². The van der Waals surface area contributed by atoms with Crippen molar-refractivity contribution < 1.29 is 17.9 Å². The summed E-state index contributed by atoms with van der Waals surface area (Å²) in [6.07, 6.45) is 0. The number of benzene rings is 2. The highest BCUT2D eigenvalue weighted by Crippen LogP contribution is 2.34. The summed E-state index contributed by atoms with van der Waals surface area (Å²) in [5.41, 5.74) is 2.66. The first-order valence-corrected chi connectivity index (χ1v) is 12.9. The van der Waals surface area contributed by atoms with Crippen molar-refractivity contribution >= 4 is 44.6 Å². The van der Waals surface area contributed by atoms with Crippen molar-refractivity contribution in [3.63, 3.8) is 0 Å². The van der Waals surface area contributed by atoms with Gasteiger partial charge < -0.3 is 20.3 Å². The van der Waals surface area contributed by atoms with E-state index in [-0.39, 0.29) is 17.3 Å². The van der Waals surface area contributed by atoms with Crippen LogP contribution in [-0.2, 0) is 19.6 Å². The largest absolute Gasteiger partial charge is 0.378 e. The van der Waals surface area contributed by atoms with E-state index < -0.39 is 10.0 Å². The molecule has 0 aliphatic carbocycles. The van der Waals surface area contributed by atoms with E-state index in [1.807, 2.05) is 18.2 Å². The predicted octanol–water partition coefficient (Wildman–Crippen LogP) is 3.57. The van der Waals surface area contributed by atoms with Gasteiger partial charge in [0.2, 0.25) is 15.9 Å². The van der Waals surface area contributed by atoms with Crippen molar-refractivity contribution in [3.8, 4) is 0 Å². The zero-order valence-electron chi connectivity index (χ0n) is 19.2. The number of para-hydroxylation sites is 1. The molecule has 0 bridgehead atoms. The van der Waals surface area contributed by atoms with E-state index in [1.54, 1.807) is 32.9 Å². The Bertz CT molecular complexity index is 1080. The number of amides is 1. The van der Waals surface area contributed by atoms with E-state index in [4.69, 9.17) is 16.3 Å². The first kappa shape index (κ1) is 25.3. The van der Waals surface area contributed by atoms with Crippen molar-refractivity contribution in [3.05, 3.63) is 47.0 Å². The summed E-state index contributed by atoms with van der Waals surface area (Å²) >= 11 is 6.45. The molecule has 180 valence electrons. The number of nitrogens with zero attached hydrogens (tertiary/aromatic N) is 2. The minimum atomic E-state index is -3.63. The maximum absolute atomic E-state index is 13.0. The lowest BCUT2D eigenvalue weighted by atomic mass is 10.2. The van der Waals surface area contributed by atoms with Crippen LogP contribution in [0.4, 0.5) is 17.1 Å². The van der Waals surface area contributed by atoms with Crippen LogP contribution in [0.2, 0.25) is 5.02 Å². The molecule has 0 radical (unpaired) electrons. The molecule has 1 amide bonds. The Balaban J connectivity index is 1.72. The number of ether oxygens (including phenoxy) is 1. The van der Waals surface area contributed by atoms with Gasteiger partial charge in [-0.3, -0.25) is 4.79 Å². The molecule has 0 atom stereocenters. The lowest BCUT2D eigenvalue weighted by molar-refractivity contribution is -0.114. The second-order valence-corrected chi connectivity index (χ2v) is 10.0. The van der Waals surface area contributed by atoms with Crippen LogP contribution in [0, 0.1) is 6.92 Å². The molecule has 2 N–H and O–H groups in total. The van der Waals surface area contributed by atoms with Crippen LogP contribution in [-0.4, -0.2) is 64.6 Å². The number of aryl methyl sites for hydroxylation is 1. The Kier molecular flexibility index (Phi) is 8.58. The second kappa shape index (κ2) is 11.2. The predicted molar refractivity (Wildman–Crippen MR) is 133 cm³/mol. The van der Waals surface area contributed by atoms with Crippen molar-refractivity contribution in [2.45, 2.75) is 25.7 Å². The molecule has 33 heavy (non-hydrogen) atoms. The normalized spacial score (nSPS) is 14.4. The molecule has 8 nitrogen and oxygen atoms in total. The van der Waals surface area contributed by atoms with Crippen molar-refractivity contribution in [2.24, 2.45) is 0 Å². The third-order valence-corrected chi connectivity index (χ3v) is 8.05. The van der Waals surface area contributed by atoms with E-state index in [0.717, 1.165) is 24.5 Å². The fraction of sp³-hybridized carbons (Fsp3) is 0.435. The Hall–Kier alpha value is -2.33. The number of carbonyl (C=O) groups is 1. The van der Waals surface area contributed by atoms with Crippen molar-refractivity contribution in [1.29, 1.82) is 0 Å². The minimum Gasteiger partial charge on any atom is -0.378 e. The molecule has 2 aromatic carbocycles. The Morgan fingerprint density at radius 2 is 1.85 bits per heavy atom. The summed E-state index contributed by atoms with van der Waals surface area (Å²) in [6.45, 7) is 8.79. The smallest absolute Gasteiger partial charge is 0.243 e. The molecule has 1 saturated heterocycles. The summed E-state index contributed by atoms with van der Waals surface area (Å²) in [4.78, 5) is 15.0. The van der Waals surface area contributed by atoms with Crippen LogP contribution in [0.5, 0.6) is 0 Å². The standard InChI is InChI=1S/C23H31ClN4O4S/c1-4-28(5-2)33(30,31)21-15-18(10-9-17(21)3)26-22(29)16-25-20-8-6-7-19(24)23(20)27-11-13-32-14-12-27/h6-10,15,25H,4-5,11-14,16H2,1-3H3,(H,26,29). The first-order chi connectivity index (χ1) is 15.8. The zero-order chi connectivity index (χ0) is 24.0. The van der Waals surface area contributed by atoms with Crippen LogP contribution >= 0.6 is 11.6 Å². The first-order valence-electron chi connectivity index (χ1n) is 11.0. The summed E-state index contributed by atoms with van der Waals surface area (Å²) in [7, 11) is -3.63. The highest BCUT2D eigenvalue weighted by molar-refractivity contribution is 7.89. The summed E-state index contributed by atoms with van der Waals surface area (Å²) in [5, 5.41) is 6.55. The molecule has 1 heterocycles. The summed E-state index contributed by atoms with van der Waals surface area (Å²) in [6, 6.07) is 10.4. The van der Waals surface area contributed by atoms with Gasteiger partial charge in [-0.15, -0.1) is 0 Å². The quantitative estimate of drug-likeness (QED) is 0.554. The van der Waals surface area contributed by atoms with Crippen LogP contribution < -0.4 is 15.5 Å². The SMILES string of the molecule is CCN(CC)S(=O)(=O)c1cc(NC(=O)CNc2cccc(Cl)c2N2CCOCC2)ccc1C. The van der Waals surface area contributed by atoms with Crippen molar-refractivity contribution in [2.75, 3.05) is 61.5 Å². The zero-order valence-corrected chi connectivity index (χ0v) is 20.8. The number of morpholine rings is 1. The van der Waals surface area contributed by atoms with Crippen LogP contribution in [0.25, 0.3) is 0 Å². The van der Waals surface area contributed by atoms with Gasteiger partial charge in [-0.05, 0) is 36.8 Å². The van der Waals surface area contributed by atoms with E-state index >= 15 is 0 Å². The van der Waals surface area contributed by atoms with Crippen molar-refractivity contribution in [1.82, 2.24) is 4.31 Å². The van der Waals surface area contributed by atoms with Gasteiger partial charge in [0, 0.05) is 31.9 Å². The summed E-state index contributed by atoms with van der Waals surface area (Å²) in [5.74, 6) is -0.294. The number of anilines is 3. The Morgan fingerprint density at radius 3 is 2.52 bits per heavy atom. The number of halogens is 1. The third kappa shape index (κ3) is 5.97. The number of carbonyl (C=O) groups excluding carboxylic acids is 1. The van der Waals surface area contributed by atoms with E-state index in [2.05, 4.69) is 15.5 Å². The number of sulfonamides is 1. The Morgan fingerprint density at radius 1 is 1.15 bits per heavy atom.